The fraction of sp³-hybridized carbons (Fsp3) is 0.462. The molecule has 17 heavy (non-hydrogen) atoms. The third-order valence-corrected chi connectivity index (χ3v) is 2.94. The zero-order valence-electron chi connectivity index (χ0n) is 9.63. The fourth-order valence-electron chi connectivity index (χ4n) is 1.98. The van der Waals surface area contributed by atoms with Gasteiger partial charge in [-0.1, -0.05) is 18.2 Å². The molecule has 0 saturated heterocycles. The Morgan fingerprint density at radius 3 is 2.47 bits per heavy atom. The number of rotatable bonds is 2. The summed E-state index contributed by atoms with van der Waals surface area (Å²) < 4.78 is 5.28. The van der Waals surface area contributed by atoms with Crippen LogP contribution in [0.2, 0.25) is 0 Å². The van der Waals surface area contributed by atoms with Gasteiger partial charge in [0.25, 0.3) is 0 Å². The van der Waals surface area contributed by atoms with Crippen molar-refractivity contribution in [2.24, 2.45) is 0 Å². The molecule has 0 atom stereocenters. The number of carbonyl (C=O) groups is 1. The minimum Gasteiger partial charge on any atom is -0.446 e. The van der Waals surface area contributed by atoms with E-state index in [1.807, 2.05) is 30.3 Å². The number of aliphatic hydroxyl groups is 1. The minimum absolute atomic E-state index is 0.0675. The van der Waals surface area contributed by atoms with Crippen LogP contribution >= 0.6 is 0 Å². The third kappa shape index (κ3) is 3.75. The second-order valence-corrected chi connectivity index (χ2v) is 4.33. The van der Waals surface area contributed by atoms with Crippen molar-refractivity contribution in [2.75, 3.05) is 5.32 Å². The van der Waals surface area contributed by atoms with Gasteiger partial charge < -0.3 is 9.84 Å². The van der Waals surface area contributed by atoms with Gasteiger partial charge in [-0.2, -0.15) is 0 Å². The summed E-state index contributed by atoms with van der Waals surface area (Å²) in [6.45, 7) is 0. The van der Waals surface area contributed by atoms with Gasteiger partial charge in [-0.15, -0.1) is 0 Å². The first-order valence-electron chi connectivity index (χ1n) is 5.95. The quantitative estimate of drug-likeness (QED) is 0.828. The molecule has 0 aliphatic heterocycles. The lowest BCUT2D eigenvalue weighted by atomic mass is 9.95. The molecule has 1 aliphatic carbocycles. The Balaban J connectivity index is 1.78. The smallest absolute Gasteiger partial charge is 0.411 e. The van der Waals surface area contributed by atoms with Crippen molar-refractivity contribution in [1.29, 1.82) is 0 Å². The number of amides is 1. The number of hydrogen-bond acceptors (Lipinski definition) is 3. The van der Waals surface area contributed by atoms with E-state index in [1.54, 1.807) is 0 Å². The number of hydrogen-bond donors (Lipinski definition) is 2. The predicted molar refractivity (Wildman–Crippen MR) is 64.8 cm³/mol. The molecular weight excluding hydrogens is 218 g/mol. The summed E-state index contributed by atoms with van der Waals surface area (Å²) in [4.78, 5) is 11.6. The van der Waals surface area contributed by atoms with Crippen molar-refractivity contribution >= 4 is 11.8 Å². The summed E-state index contributed by atoms with van der Waals surface area (Å²) in [6.07, 6.45) is 2.19. The highest BCUT2D eigenvalue weighted by Crippen LogP contribution is 2.21. The highest BCUT2D eigenvalue weighted by molar-refractivity contribution is 5.84. The molecule has 4 nitrogen and oxygen atoms in total. The van der Waals surface area contributed by atoms with E-state index in [0.717, 1.165) is 18.5 Å². The predicted octanol–water partition coefficient (Wildman–Crippen LogP) is 2.54. The molecule has 1 aliphatic rings. The summed E-state index contributed by atoms with van der Waals surface area (Å²) in [5.74, 6) is 0. The van der Waals surface area contributed by atoms with E-state index in [2.05, 4.69) is 5.32 Å². The average molecular weight is 235 g/mol. The molecule has 1 saturated carbocycles. The Bertz CT molecular complexity index is 358. The van der Waals surface area contributed by atoms with Gasteiger partial charge in [0.1, 0.15) is 6.10 Å². The molecule has 1 amide bonds. The van der Waals surface area contributed by atoms with E-state index < -0.39 is 6.09 Å². The lowest BCUT2D eigenvalue weighted by Gasteiger charge is -2.25. The number of carbonyl (C=O) groups excluding carboxylic acids is 1. The molecule has 0 radical (unpaired) electrons. The maximum Gasteiger partial charge on any atom is 0.411 e. The van der Waals surface area contributed by atoms with Crippen LogP contribution in [0.5, 0.6) is 0 Å². The molecule has 0 unspecified atom stereocenters. The second-order valence-electron chi connectivity index (χ2n) is 4.33. The van der Waals surface area contributed by atoms with Crippen molar-refractivity contribution in [3.8, 4) is 0 Å². The van der Waals surface area contributed by atoms with Crippen LogP contribution in [0.1, 0.15) is 25.7 Å². The van der Waals surface area contributed by atoms with E-state index >= 15 is 0 Å². The summed E-state index contributed by atoms with van der Waals surface area (Å²) >= 11 is 0. The molecule has 4 heteroatoms. The molecule has 92 valence electrons. The Labute approximate surface area is 101 Å². The van der Waals surface area contributed by atoms with Gasteiger partial charge in [0.2, 0.25) is 0 Å². The van der Waals surface area contributed by atoms with Crippen LogP contribution in [-0.4, -0.2) is 23.4 Å². The Hall–Kier alpha value is -1.55. The van der Waals surface area contributed by atoms with E-state index in [4.69, 9.17) is 4.74 Å². The van der Waals surface area contributed by atoms with Crippen molar-refractivity contribution in [2.45, 2.75) is 37.9 Å². The zero-order valence-corrected chi connectivity index (χ0v) is 9.63. The first-order chi connectivity index (χ1) is 8.24. The minimum atomic E-state index is -0.419. The summed E-state index contributed by atoms with van der Waals surface area (Å²) in [5.41, 5.74) is 0.730. The van der Waals surface area contributed by atoms with Gasteiger partial charge >= 0.3 is 6.09 Å². The average Bonchev–Trinajstić information content (AvgIpc) is 2.33. The zero-order chi connectivity index (χ0) is 12.1. The third-order valence-electron chi connectivity index (χ3n) is 2.94. The van der Waals surface area contributed by atoms with Crippen molar-refractivity contribution in [3.05, 3.63) is 30.3 Å². The normalized spacial score (nSPS) is 24.1. The number of ether oxygens (including phenoxy) is 1. The molecule has 2 rings (SSSR count). The fourth-order valence-corrected chi connectivity index (χ4v) is 1.98. The molecular formula is C13H17NO3. The first-order valence-corrected chi connectivity index (χ1v) is 5.95. The number of benzene rings is 1. The number of anilines is 1. The molecule has 0 heterocycles. The molecule has 1 aromatic rings. The van der Waals surface area contributed by atoms with Gasteiger partial charge in [0.05, 0.1) is 6.10 Å². The first kappa shape index (κ1) is 11.9. The Kier molecular flexibility index (Phi) is 3.98. The van der Waals surface area contributed by atoms with Crippen molar-refractivity contribution in [3.63, 3.8) is 0 Å². The maximum atomic E-state index is 11.6. The molecule has 0 bridgehead atoms. The van der Waals surface area contributed by atoms with Crippen LogP contribution < -0.4 is 5.32 Å². The van der Waals surface area contributed by atoms with Gasteiger partial charge in [-0.3, -0.25) is 5.32 Å². The highest BCUT2D eigenvalue weighted by Gasteiger charge is 2.22. The summed E-state index contributed by atoms with van der Waals surface area (Å²) in [5, 5.41) is 12.0. The van der Waals surface area contributed by atoms with Crippen molar-refractivity contribution in [1.82, 2.24) is 0 Å². The van der Waals surface area contributed by atoms with Crippen LogP contribution in [-0.2, 0) is 4.74 Å². The molecule has 0 aromatic heterocycles. The number of para-hydroxylation sites is 1. The topological polar surface area (TPSA) is 58.6 Å². The van der Waals surface area contributed by atoms with Crippen LogP contribution in [0.15, 0.2) is 30.3 Å². The van der Waals surface area contributed by atoms with Crippen LogP contribution in [0.4, 0.5) is 10.5 Å². The van der Waals surface area contributed by atoms with E-state index in [0.29, 0.717) is 12.8 Å². The second kappa shape index (κ2) is 5.68. The molecule has 2 N–H and O–H groups in total. The Morgan fingerprint density at radius 2 is 1.82 bits per heavy atom. The van der Waals surface area contributed by atoms with Gasteiger partial charge in [0.15, 0.2) is 0 Å². The number of nitrogens with one attached hydrogen (secondary N) is 1. The molecule has 0 spiro atoms. The van der Waals surface area contributed by atoms with Gasteiger partial charge in [-0.05, 0) is 37.8 Å². The van der Waals surface area contributed by atoms with Crippen molar-refractivity contribution < 1.29 is 14.6 Å². The summed E-state index contributed by atoms with van der Waals surface area (Å²) in [6, 6.07) is 9.22. The molecule has 1 fully saturated rings. The highest BCUT2D eigenvalue weighted by atomic mass is 16.6. The molecule has 1 aromatic carbocycles. The number of aliphatic hydroxyl groups excluding tert-OH is 1. The van der Waals surface area contributed by atoms with Gasteiger partial charge in [-0.25, -0.2) is 4.79 Å². The standard InChI is InChI=1S/C13H17NO3/c15-11-6-8-12(9-7-11)17-13(16)14-10-4-2-1-3-5-10/h1-5,11-12,15H,6-9H2,(H,14,16). The van der Waals surface area contributed by atoms with E-state index in [9.17, 15) is 9.90 Å². The van der Waals surface area contributed by atoms with Gasteiger partial charge in [0, 0.05) is 5.69 Å². The lowest BCUT2D eigenvalue weighted by molar-refractivity contribution is 0.0401. The Morgan fingerprint density at radius 1 is 1.18 bits per heavy atom. The van der Waals surface area contributed by atoms with E-state index in [1.165, 1.54) is 0 Å². The van der Waals surface area contributed by atoms with Crippen LogP contribution in [0, 0.1) is 0 Å². The SMILES string of the molecule is O=C(Nc1ccccc1)OC1CCC(O)CC1. The van der Waals surface area contributed by atoms with E-state index in [-0.39, 0.29) is 12.2 Å². The largest absolute Gasteiger partial charge is 0.446 e. The monoisotopic (exact) mass is 235 g/mol. The maximum absolute atomic E-state index is 11.6. The summed E-state index contributed by atoms with van der Waals surface area (Å²) in [7, 11) is 0. The van der Waals surface area contributed by atoms with Crippen LogP contribution in [0.25, 0.3) is 0 Å². The lowest BCUT2D eigenvalue weighted by Crippen LogP contribution is -2.28. The van der Waals surface area contributed by atoms with Crippen LogP contribution in [0.3, 0.4) is 0 Å².